The minimum absolute atomic E-state index is 0.106. The molecule has 2 aliphatic heterocycles. The molecule has 2 aliphatic rings. The van der Waals surface area contributed by atoms with Gasteiger partial charge in [-0.25, -0.2) is 0 Å². The topological polar surface area (TPSA) is 75.8 Å². The summed E-state index contributed by atoms with van der Waals surface area (Å²) in [5.41, 5.74) is 5.33. The first-order valence-electron chi connectivity index (χ1n) is 5.93. The normalized spacial score (nSPS) is 29.4. The van der Waals surface area contributed by atoms with Crippen LogP contribution in [0.3, 0.4) is 0 Å². The van der Waals surface area contributed by atoms with Crippen LogP contribution in [-0.2, 0) is 9.53 Å². The van der Waals surface area contributed by atoms with Crippen molar-refractivity contribution in [1.29, 1.82) is 0 Å². The van der Waals surface area contributed by atoms with E-state index in [1.165, 1.54) is 0 Å². The Hall–Kier alpha value is -0.650. The molecule has 2 rings (SSSR count). The van der Waals surface area contributed by atoms with E-state index in [2.05, 4.69) is 0 Å². The lowest BCUT2D eigenvalue weighted by molar-refractivity contribution is -0.146. The number of nitrogens with two attached hydrogens (primary N) is 1. The average molecular weight is 228 g/mol. The molecule has 0 saturated carbocycles. The van der Waals surface area contributed by atoms with E-state index in [0.29, 0.717) is 52.1 Å². The number of nitrogens with zero attached hydrogens (tertiary/aromatic N) is 1. The maximum absolute atomic E-state index is 12.4. The number of ether oxygens (including phenoxy) is 1. The van der Waals surface area contributed by atoms with Gasteiger partial charge in [-0.3, -0.25) is 4.79 Å². The molecule has 1 unspecified atom stereocenters. The Balaban J connectivity index is 2.05. The standard InChI is InChI=1S/C11H20N2O3/c12-8-11(2-5-16-6-3-11)10(15)13-4-1-9(14)7-13/h9,14H,1-8,12H2. The fourth-order valence-electron chi connectivity index (χ4n) is 2.53. The molecule has 2 saturated heterocycles. The number of hydrogen-bond donors (Lipinski definition) is 2. The minimum atomic E-state index is -0.442. The summed E-state index contributed by atoms with van der Waals surface area (Å²) in [6, 6.07) is 0. The Morgan fingerprint density at radius 2 is 2.19 bits per heavy atom. The van der Waals surface area contributed by atoms with Crippen molar-refractivity contribution in [3.8, 4) is 0 Å². The third kappa shape index (κ3) is 2.07. The molecular weight excluding hydrogens is 208 g/mol. The van der Waals surface area contributed by atoms with Crippen LogP contribution < -0.4 is 5.73 Å². The highest BCUT2D eigenvalue weighted by Gasteiger charge is 2.42. The zero-order valence-corrected chi connectivity index (χ0v) is 9.52. The Morgan fingerprint density at radius 1 is 1.50 bits per heavy atom. The fourth-order valence-corrected chi connectivity index (χ4v) is 2.53. The smallest absolute Gasteiger partial charge is 0.230 e. The van der Waals surface area contributed by atoms with E-state index in [1.54, 1.807) is 4.90 Å². The van der Waals surface area contributed by atoms with Crippen LogP contribution in [0.25, 0.3) is 0 Å². The zero-order valence-electron chi connectivity index (χ0n) is 9.52. The molecule has 0 radical (unpaired) electrons. The molecule has 0 aromatic heterocycles. The van der Waals surface area contributed by atoms with E-state index in [-0.39, 0.29) is 12.0 Å². The summed E-state index contributed by atoms with van der Waals surface area (Å²) in [5.74, 6) is 0.106. The summed E-state index contributed by atoms with van der Waals surface area (Å²) >= 11 is 0. The number of aliphatic hydroxyl groups excluding tert-OH is 1. The second-order valence-electron chi connectivity index (χ2n) is 4.79. The number of hydrogen-bond acceptors (Lipinski definition) is 4. The third-order valence-electron chi connectivity index (χ3n) is 3.74. The second-order valence-corrected chi connectivity index (χ2v) is 4.79. The Morgan fingerprint density at radius 3 is 2.69 bits per heavy atom. The molecule has 5 heteroatoms. The maximum Gasteiger partial charge on any atom is 0.230 e. The lowest BCUT2D eigenvalue weighted by Crippen LogP contribution is -2.50. The van der Waals surface area contributed by atoms with Crippen LogP contribution in [-0.4, -0.2) is 54.9 Å². The van der Waals surface area contributed by atoms with Crippen LogP contribution in [0.2, 0.25) is 0 Å². The molecular formula is C11H20N2O3. The fraction of sp³-hybridized carbons (Fsp3) is 0.909. The molecule has 16 heavy (non-hydrogen) atoms. The Kier molecular flexibility index (Phi) is 3.47. The van der Waals surface area contributed by atoms with Crippen molar-refractivity contribution in [1.82, 2.24) is 4.90 Å². The molecule has 0 bridgehead atoms. The van der Waals surface area contributed by atoms with Crippen LogP contribution in [0.1, 0.15) is 19.3 Å². The van der Waals surface area contributed by atoms with Gasteiger partial charge < -0.3 is 20.5 Å². The van der Waals surface area contributed by atoms with Gasteiger partial charge in [0.25, 0.3) is 0 Å². The number of rotatable bonds is 2. The molecule has 92 valence electrons. The van der Waals surface area contributed by atoms with Gasteiger partial charge in [0.2, 0.25) is 5.91 Å². The number of carbonyl (C=O) groups is 1. The Bertz CT molecular complexity index is 264. The van der Waals surface area contributed by atoms with E-state index < -0.39 is 5.41 Å². The molecule has 0 aliphatic carbocycles. The molecule has 0 aromatic rings. The molecule has 2 fully saturated rings. The molecule has 5 nitrogen and oxygen atoms in total. The van der Waals surface area contributed by atoms with Gasteiger partial charge in [-0.1, -0.05) is 0 Å². The summed E-state index contributed by atoms with van der Waals surface area (Å²) in [7, 11) is 0. The van der Waals surface area contributed by atoms with Gasteiger partial charge in [0.1, 0.15) is 0 Å². The van der Waals surface area contributed by atoms with Crippen LogP contribution >= 0.6 is 0 Å². The number of likely N-dealkylation sites (tertiary alicyclic amines) is 1. The number of β-amino-alcohol motifs (C(OH)–C–C–N with tert-alkyl or cyclic N) is 1. The molecule has 2 heterocycles. The lowest BCUT2D eigenvalue weighted by Gasteiger charge is -2.37. The van der Waals surface area contributed by atoms with E-state index >= 15 is 0 Å². The van der Waals surface area contributed by atoms with E-state index in [0.717, 1.165) is 0 Å². The molecule has 3 N–H and O–H groups in total. The maximum atomic E-state index is 12.4. The van der Waals surface area contributed by atoms with Crippen molar-refractivity contribution in [2.24, 2.45) is 11.1 Å². The molecule has 1 amide bonds. The molecule has 0 aromatic carbocycles. The van der Waals surface area contributed by atoms with Crippen molar-refractivity contribution in [2.45, 2.75) is 25.4 Å². The quantitative estimate of drug-likeness (QED) is 0.657. The number of carbonyl (C=O) groups excluding carboxylic acids is 1. The van der Waals surface area contributed by atoms with Gasteiger partial charge in [-0.15, -0.1) is 0 Å². The first-order valence-corrected chi connectivity index (χ1v) is 5.93. The van der Waals surface area contributed by atoms with E-state index in [1.807, 2.05) is 0 Å². The number of amides is 1. The van der Waals surface area contributed by atoms with Gasteiger partial charge >= 0.3 is 0 Å². The Labute approximate surface area is 95.5 Å². The minimum Gasteiger partial charge on any atom is -0.391 e. The third-order valence-corrected chi connectivity index (χ3v) is 3.74. The van der Waals surface area contributed by atoms with Gasteiger partial charge in [0, 0.05) is 32.8 Å². The van der Waals surface area contributed by atoms with Gasteiger partial charge in [0.05, 0.1) is 11.5 Å². The largest absolute Gasteiger partial charge is 0.391 e. The highest BCUT2D eigenvalue weighted by molar-refractivity contribution is 5.83. The predicted octanol–water partition coefficient (Wildman–Crippen LogP) is -0.665. The first-order chi connectivity index (χ1) is 7.68. The molecule has 1 atom stereocenters. The highest BCUT2D eigenvalue weighted by Crippen LogP contribution is 2.32. The summed E-state index contributed by atoms with van der Waals surface area (Å²) in [5, 5.41) is 9.45. The highest BCUT2D eigenvalue weighted by atomic mass is 16.5. The summed E-state index contributed by atoms with van der Waals surface area (Å²) < 4.78 is 5.28. The van der Waals surface area contributed by atoms with Gasteiger partial charge in [0.15, 0.2) is 0 Å². The van der Waals surface area contributed by atoms with Crippen molar-refractivity contribution < 1.29 is 14.6 Å². The van der Waals surface area contributed by atoms with Crippen molar-refractivity contribution in [3.63, 3.8) is 0 Å². The zero-order chi connectivity index (χ0) is 11.6. The van der Waals surface area contributed by atoms with Crippen LogP contribution in [0.5, 0.6) is 0 Å². The SMILES string of the molecule is NCC1(C(=O)N2CCC(O)C2)CCOCC1. The van der Waals surface area contributed by atoms with Gasteiger partial charge in [-0.2, -0.15) is 0 Å². The second kappa shape index (κ2) is 4.69. The molecule has 0 spiro atoms. The van der Waals surface area contributed by atoms with Crippen molar-refractivity contribution in [2.75, 3.05) is 32.8 Å². The summed E-state index contributed by atoms with van der Waals surface area (Å²) in [6.45, 7) is 2.71. The van der Waals surface area contributed by atoms with E-state index in [9.17, 15) is 9.90 Å². The average Bonchev–Trinajstić information content (AvgIpc) is 2.76. The van der Waals surface area contributed by atoms with Crippen LogP contribution in [0.15, 0.2) is 0 Å². The predicted molar refractivity (Wildman–Crippen MR) is 58.7 cm³/mol. The van der Waals surface area contributed by atoms with Crippen LogP contribution in [0, 0.1) is 5.41 Å². The van der Waals surface area contributed by atoms with Crippen molar-refractivity contribution in [3.05, 3.63) is 0 Å². The van der Waals surface area contributed by atoms with Crippen molar-refractivity contribution >= 4 is 5.91 Å². The van der Waals surface area contributed by atoms with E-state index in [4.69, 9.17) is 10.5 Å². The monoisotopic (exact) mass is 228 g/mol. The summed E-state index contributed by atoms with van der Waals surface area (Å²) in [4.78, 5) is 14.1. The lowest BCUT2D eigenvalue weighted by atomic mass is 9.79. The van der Waals surface area contributed by atoms with Gasteiger partial charge in [-0.05, 0) is 19.3 Å². The first kappa shape index (κ1) is 11.8. The number of aliphatic hydroxyl groups is 1. The summed E-state index contributed by atoms with van der Waals surface area (Å²) in [6.07, 6.45) is 1.73. The van der Waals surface area contributed by atoms with Crippen LogP contribution in [0.4, 0.5) is 0 Å².